The maximum absolute atomic E-state index is 9.22. The number of hydrogen-bond donors (Lipinski definition) is 1. The zero-order chi connectivity index (χ0) is 10.1. The van der Waals surface area contributed by atoms with Gasteiger partial charge >= 0.3 is 0 Å². The molecule has 2 nitrogen and oxygen atoms in total. The monoisotopic (exact) mass is 272 g/mol. The normalized spacial score (nSPS) is 10.8. The summed E-state index contributed by atoms with van der Waals surface area (Å²) in [6, 6.07) is 3.98. The molecule has 0 saturated heterocycles. The highest BCUT2D eigenvalue weighted by Crippen LogP contribution is 2.37. The van der Waals surface area contributed by atoms with E-state index in [0.29, 0.717) is 0 Å². The Morgan fingerprint density at radius 2 is 2.36 bits per heavy atom. The van der Waals surface area contributed by atoms with Gasteiger partial charge in [0.05, 0.1) is 13.7 Å². The Morgan fingerprint density at radius 1 is 1.57 bits per heavy atom. The van der Waals surface area contributed by atoms with Crippen LogP contribution in [-0.4, -0.2) is 12.2 Å². The molecule has 74 valence electrons. The van der Waals surface area contributed by atoms with Gasteiger partial charge in [-0.3, -0.25) is 0 Å². The molecule has 4 heteroatoms. The van der Waals surface area contributed by atoms with Gasteiger partial charge in [0.15, 0.2) is 0 Å². The third-order valence-electron chi connectivity index (χ3n) is 2.12. The molecule has 0 bridgehead atoms. The van der Waals surface area contributed by atoms with Crippen LogP contribution in [0.25, 0.3) is 10.1 Å². The van der Waals surface area contributed by atoms with Gasteiger partial charge in [-0.05, 0) is 38.8 Å². The van der Waals surface area contributed by atoms with E-state index < -0.39 is 0 Å². The van der Waals surface area contributed by atoms with Gasteiger partial charge in [0, 0.05) is 14.7 Å². The van der Waals surface area contributed by atoms with Crippen molar-refractivity contribution in [1.29, 1.82) is 0 Å². The van der Waals surface area contributed by atoms with Crippen LogP contribution in [0.5, 0.6) is 5.75 Å². The highest BCUT2D eigenvalue weighted by molar-refractivity contribution is 9.10. The number of thiophene rings is 1. The lowest BCUT2D eigenvalue weighted by atomic mass is 10.1. The molecular weight excluding hydrogens is 264 g/mol. The maximum atomic E-state index is 9.22. The van der Waals surface area contributed by atoms with E-state index in [0.717, 1.165) is 25.9 Å². The van der Waals surface area contributed by atoms with Gasteiger partial charge in [-0.25, -0.2) is 0 Å². The fourth-order valence-corrected chi connectivity index (χ4v) is 3.08. The molecule has 0 unspecified atom stereocenters. The van der Waals surface area contributed by atoms with E-state index in [1.165, 1.54) is 0 Å². The maximum Gasteiger partial charge on any atom is 0.126 e. The van der Waals surface area contributed by atoms with Crippen LogP contribution in [0.15, 0.2) is 22.0 Å². The van der Waals surface area contributed by atoms with Crippen LogP contribution >= 0.6 is 27.3 Å². The third kappa shape index (κ3) is 1.43. The van der Waals surface area contributed by atoms with Crippen molar-refractivity contribution in [3.05, 3.63) is 27.5 Å². The molecule has 0 radical (unpaired) electrons. The molecule has 0 amide bonds. The molecular formula is C10H9BrO2S. The van der Waals surface area contributed by atoms with Crippen molar-refractivity contribution in [1.82, 2.24) is 0 Å². The van der Waals surface area contributed by atoms with E-state index in [1.807, 2.05) is 17.5 Å². The summed E-state index contributed by atoms with van der Waals surface area (Å²) in [6.07, 6.45) is 0. The summed E-state index contributed by atoms with van der Waals surface area (Å²) >= 11 is 5.13. The van der Waals surface area contributed by atoms with Gasteiger partial charge in [-0.15, -0.1) is 11.3 Å². The molecule has 0 aliphatic heterocycles. The Bertz CT molecular complexity index is 464. The Kier molecular flexibility index (Phi) is 2.76. The lowest BCUT2D eigenvalue weighted by molar-refractivity contribution is 0.273. The van der Waals surface area contributed by atoms with Crippen LogP contribution in [0.4, 0.5) is 0 Å². The van der Waals surface area contributed by atoms with Crippen molar-refractivity contribution in [3.8, 4) is 5.75 Å². The van der Waals surface area contributed by atoms with E-state index in [2.05, 4.69) is 15.9 Å². The summed E-state index contributed by atoms with van der Waals surface area (Å²) in [5, 5.41) is 12.4. The van der Waals surface area contributed by atoms with Crippen LogP contribution in [0.3, 0.4) is 0 Å². The number of ether oxygens (including phenoxy) is 1. The highest BCUT2D eigenvalue weighted by atomic mass is 79.9. The molecule has 1 heterocycles. The first-order valence-corrected chi connectivity index (χ1v) is 5.78. The predicted octanol–water partition coefficient (Wildman–Crippen LogP) is 3.16. The molecule has 0 fully saturated rings. The number of rotatable bonds is 2. The molecule has 1 N–H and O–H groups in total. The number of hydrogen-bond acceptors (Lipinski definition) is 3. The second-order valence-electron chi connectivity index (χ2n) is 2.87. The Labute approximate surface area is 94.3 Å². The van der Waals surface area contributed by atoms with Crippen molar-refractivity contribution in [2.24, 2.45) is 0 Å². The van der Waals surface area contributed by atoms with Crippen molar-refractivity contribution >= 4 is 37.4 Å². The first kappa shape index (κ1) is 9.96. The van der Waals surface area contributed by atoms with Crippen LogP contribution in [0.1, 0.15) is 5.56 Å². The first-order valence-electron chi connectivity index (χ1n) is 4.11. The highest BCUT2D eigenvalue weighted by Gasteiger charge is 2.11. The average Bonchev–Trinajstić information content (AvgIpc) is 2.65. The van der Waals surface area contributed by atoms with E-state index in [-0.39, 0.29) is 6.61 Å². The van der Waals surface area contributed by atoms with E-state index in [9.17, 15) is 5.11 Å². The van der Waals surface area contributed by atoms with Crippen LogP contribution < -0.4 is 4.74 Å². The predicted molar refractivity (Wildman–Crippen MR) is 62.0 cm³/mol. The molecule has 14 heavy (non-hydrogen) atoms. The molecule has 0 saturated carbocycles. The summed E-state index contributed by atoms with van der Waals surface area (Å²) < 4.78 is 7.29. The number of aliphatic hydroxyl groups excluding tert-OH is 1. The molecule has 0 aliphatic carbocycles. The number of benzene rings is 1. The summed E-state index contributed by atoms with van der Waals surface area (Å²) in [6.45, 7) is -0.0163. The van der Waals surface area contributed by atoms with Crippen molar-refractivity contribution in [3.63, 3.8) is 0 Å². The summed E-state index contributed by atoms with van der Waals surface area (Å²) in [7, 11) is 1.61. The molecule has 0 atom stereocenters. The van der Waals surface area contributed by atoms with Gasteiger partial charge in [-0.1, -0.05) is 0 Å². The lowest BCUT2D eigenvalue weighted by Crippen LogP contribution is -1.93. The topological polar surface area (TPSA) is 29.5 Å². The van der Waals surface area contributed by atoms with Crippen LogP contribution in [0, 0.1) is 0 Å². The standard InChI is InChI=1S/C10H9BrO2S/c1-13-8-4-6-2-3-14-10(6)9(11)7(8)5-12/h2-4,12H,5H2,1H3. The smallest absolute Gasteiger partial charge is 0.126 e. The second kappa shape index (κ2) is 3.88. The van der Waals surface area contributed by atoms with Crippen LogP contribution in [-0.2, 0) is 6.61 Å². The van der Waals surface area contributed by atoms with Gasteiger partial charge < -0.3 is 9.84 Å². The lowest BCUT2D eigenvalue weighted by Gasteiger charge is -2.08. The van der Waals surface area contributed by atoms with Gasteiger partial charge in [-0.2, -0.15) is 0 Å². The minimum absolute atomic E-state index is 0.0163. The van der Waals surface area contributed by atoms with Gasteiger partial charge in [0.2, 0.25) is 0 Å². The quantitative estimate of drug-likeness (QED) is 0.910. The third-order valence-corrected chi connectivity index (χ3v) is 4.21. The molecule has 1 aromatic heterocycles. The average molecular weight is 273 g/mol. The zero-order valence-electron chi connectivity index (χ0n) is 7.58. The summed E-state index contributed by atoms with van der Waals surface area (Å²) in [5.41, 5.74) is 0.808. The Balaban J connectivity index is 2.79. The summed E-state index contributed by atoms with van der Waals surface area (Å²) in [5.74, 6) is 0.727. The zero-order valence-corrected chi connectivity index (χ0v) is 9.98. The van der Waals surface area contributed by atoms with Crippen molar-refractivity contribution in [2.75, 3.05) is 7.11 Å². The number of aliphatic hydroxyl groups is 1. The molecule has 0 spiro atoms. The molecule has 2 rings (SSSR count). The van der Waals surface area contributed by atoms with Crippen molar-refractivity contribution in [2.45, 2.75) is 6.61 Å². The minimum atomic E-state index is -0.0163. The fraction of sp³-hybridized carbons (Fsp3) is 0.200. The largest absolute Gasteiger partial charge is 0.496 e. The van der Waals surface area contributed by atoms with E-state index in [4.69, 9.17) is 4.74 Å². The van der Waals surface area contributed by atoms with Crippen molar-refractivity contribution < 1.29 is 9.84 Å². The van der Waals surface area contributed by atoms with Crippen LogP contribution in [0.2, 0.25) is 0 Å². The van der Waals surface area contributed by atoms with E-state index >= 15 is 0 Å². The number of methoxy groups -OCH3 is 1. The first-order chi connectivity index (χ1) is 6.77. The van der Waals surface area contributed by atoms with Gasteiger partial charge in [0.25, 0.3) is 0 Å². The fourth-order valence-electron chi connectivity index (χ4n) is 1.41. The second-order valence-corrected chi connectivity index (χ2v) is 4.58. The number of fused-ring (bicyclic) bond motifs is 1. The summed E-state index contributed by atoms with van der Waals surface area (Å²) in [4.78, 5) is 0. The Hall–Kier alpha value is -0.580. The number of halogens is 1. The molecule has 0 aliphatic rings. The molecule has 2 aromatic rings. The van der Waals surface area contributed by atoms with E-state index in [1.54, 1.807) is 18.4 Å². The van der Waals surface area contributed by atoms with Gasteiger partial charge in [0.1, 0.15) is 5.75 Å². The molecule has 1 aromatic carbocycles. The SMILES string of the molecule is COc1cc2ccsc2c(Br)c1CO. The minimum Gasteiger partial charge on any atom is -0.496 e. The Morgan fingerprint density at radius 3 is 3.00 bits per heavy atom.